The molecule has 1 amide bonds. The van der Waals surface area contributed by atoms with Gasteiger partial charge in [-0.3, -0.25) is 14.9 Å². The van der Waals surface area contributed by atoms with Crippen LogP contribution in [-0.2, 0) is 9.53 Å². The molecule has 0 unspecified atom stereocenters. The zero-order valence-corrected chi connectivity index (χ0v) is 12.2. The Kier molecular flexibility index (Phi) is 5.81. The van der Waals surface area contributed by atoms with Gasteiger partial charge < -0.3 is 19.9 Å². The van der Waals surface area contributed by atoms with Gasteiger partial charge in [-0.1, -0.05) is 0 Å². The highest BCUT2D eigenvalue weighted by molar-refractivity contribution is 5.97. The Morgan fingerprint density at radius 1 is 1.36 bits per heavy atom. The number of aliphatic hydroxyl groups excluding tert-OH is 1. The highest BCUT2D eigenvalue weighted by Gasteiger charge is 2.27. The monoisotopic (exact) mass is 312 g/mol. The minimum Gasteiger partial charge on any atom is -0.490 e. The molecule has 9 heteroatoms. The predicted molar refractivity (Wildman–Crippen MR) is 74.6 cm³/mol. The Morgan fingerprint density at radius 2 is 2.00 bits per heavy atom. The van der Waals surface area contributed by atoms with Gasteiger partial charge in [0.15, 0.2) is 11.8 Å². The van der Waals surface area contributed by atoms with E-state index in [-0.39, 0.29) is 17.0 Å². The van der Waals surface area contributed by atoms with Crippen molar-refractivity contribution in [2.45, 2.75) is 19.1 Å². The van der Waals surface area contributed by atoms with Gasteiger partial charge in [0.05, 0.1) is 25.2 Å². The summed E-state index contributed by atoms with van der Waals surface area (Å²) in [6.07, 6.45) is -1.17. The molecule has 9 nitrogen and oxygen atoms in total. The van der Waals surface area contributed by atoms with Crippen LogP contribution in [0.4, 0.5) is 5.69 Å². The van der Waals surface area contributed by atoms with Gasteiger partial charge in [0.1, 0.15) is 0 Å². The maximum absolute atomic E-state index is 12.1. The topological polar surface area (TPSA) is 128 Å². The average molecular weight is 312 g/mol. The quantitative estimate of drug-likeness (QED) is 0.438. The molecule has 0 radical (unpaired) electrons. The number of ether oxygens (including phenoxy) is 2. The second kappa shape index (κ2) is 7.36. The van der Waals surface area contributed by atoms with Gasteiger partial charge in [0.2, 0.25) is 0 Å². The third-order valence-electron chi connectivity index (χ3n) is 2.86. The number of aliphatic hydroxyl groups is 1. The van der Waals surface area contributed by atoms with Crippen LogP contribution in [0.2, 0.25) is 0 Å². The molecule has 0 saturated heterocycles. The minimum absolute atomic E-state index is 0.0389. The Balaban J connectivity index is 3.02. The maximum Gasteiger partial charge on any atom is 0.331 e. The Hall–Kier alpha value is -2.68. The van der Waals surface area contributed by atoms with Gasteiger partial charge in [-0.2, -0.15) is 0 Å². The third-order valence-corrected chi connectivity index (χ3v) is 2.86. The zero-order valence-electron chi connectivity index (χ0n) is 12.2. The number of benzene rings is 1. The normalized spacial score (nSPS) is 12.9. The molecule has 0 aliphatic rings. The molecule has 1 rings (SSSR count). The first kappa shape index (κ1) is 17.4. The fraction of sp³-hybridized carbons (Fsp3) is 0.385. The number of nitrogens with zero attached hydrogens (tertiary/aromatic N) is 1. The molecule has 0 saturated carbocycles. The van der Waals surface area contributed by atoms with Gasteiger partial charge in [-0.25, -0.2) is 4.79 Å². The van der Waals surface area contributed by atoms with E-state index < -0.39 is 28.9 Å². The van der Waals surface area contributed by atoms with Crippen molar-refractivity contribution in [1.29, 1.82) is 0 Å². The number of rotatable bonds is 6. The summed E-state index contributed by atoms with van der Waals surface area (Å²) >= 11 is 0. The molecule has 0 heterocycles. The molecule has 1 aromatic rings. The predicted octanol–water partition coefficient (Wildman–Crippen LogP) is 0.256. The molecule has 0 aliphatic heterocycles. The average Bonchev–Trinajstić information content (AvgIpc) is 2.50. The second-order valence-electron chi connectivity index (χ2n) is 4.36. The second-order valence-corrected chi connectivity index (χ2v) is 4.36. The summed E-state index contributed by atoms with van der Waals surface area (Å²) in [4.78, 5) is 33.7. The summed E-state index contributed by atoms with van der Waals surface area (Å²) in [5.41, 5.74) is -0.254. The summed E-state index contributed by atoms with van der Waals surface area (Å²) in [5, 5.41) is 22.6. The van der Waals surface area contributed by atoms with Gasteiger partial charge in [0.25, 0.3) is 5.91 Å². The minimum atomic E-state index is -1.25. The number of nitrogens with one attached hydrogen (secondary N) is 1. The lowest BCUT2D eigenvalue weighted by atomic mass is 10.1. The zero-order chi connectivity index (χ0) is 16.9. The van der Waals surface area contributed by atoms with Crippen LogP contribution in [0, 0.1) is 10.1 Å². The number of hydrogen-bond acceptors (Lipinski definition) is 7. The smallest absolute Gasteiger partial charge is 0.331 e. The van der Waals surface area contributed by atoms with Gasteiger partial charge >= 0.3 is 11.7 Å². The van der Waals surface area contributed by atoms with Crippen LogP contribution in [0.25, 0.3) is 0 Å². The summed E-state index contributed by atoms with van der Waals surface area (Å²) in [6, 6.07) is 2.25. The van der Waals surface area contributed by atoms with Crippen molar-refractivity contribution in [3.63, 3.8) is 0 Å². The SMILES string of the molecule is COC(=O)[C@@H](NC(=O)c1ccc([N+](=O)[O-])c(OC)c1)[C@@H](C)O. The molecule has 120 valence electrons. The van der Waals surface area contributed by atoms with Crippen LogP contribution in [0.5, 0.6) is 5.75 Å². The molecular weight excluding hydrogens is 296 g/mol. The maximum atomic E-state index is 12.1. The molecule has 0 aromatic heterocycles. The first-order valence-corrected chi connectivity index (χ1v) is 6.21. The summed E-state index contributed by atoms with van der Waals surface area (Å²) in [7, 11) is 2.36. The van der Waals surface area contributed by atoms with Gasteiger partial charge in [0, 0.05) is 17.7 Å². The van der Waals surface area contributed by atoms with E-state index >= 15 is 0 Å². The highest BCUT2D eigenvalue weighted by Crippen LogP contribution is 2.27. The van der Waals surface area contributed by atoms with E-state index in [1.165, 1.54) is 26.2 Å². The molecule has 1 aromatic carbocycles. The first-order valence-electron chi connectivity index (χ1n) is 6.21. The number of nitro benzene ring substituents is 1. The van der Waals surface area contributed by atoms with Crippen LogP contribution < -0.4 is 10.1 Å². The van der Waals surface area contributed by atoms with E-state index in [4.69, 9.17) is 4.74 Å². The van der Waals surface area contributed by atoms with Crippen LogP contribution in [-0.4, -0.2) is 48.3 Å². The Labute approximate surface area is 126 Å². The number of carbonyl (C=O) groups is 2. The molecule has 0 aliphatic carbocycles. The third kappa shape index (κ3) is 3.92. The lowest BCUT2D eigenvalue weighted by Gasteiger charge is -2.19. The van der Waals surface area contributed by atoms with Crippen LogP contribution in [0.3, 0.4) is 0 Å². The van der Waals surface area contributed by atoms with Crippen molar-refractivity contribution in [3.05, 3.63) is 33.9 Å². The number of methoxy groups -OCH3 is 2. The van der Waals surface area contributed by atoms with Crippen molar-refractivity contribution < 1.29 is 29.1 Å². The van der Waals surface area contributed by atoms with E-state index in [0.717, 1.165) is 13.2 Å². The van der Waals surface area contributed by atoms with E-state index in [1.54, 1.807) is 0 Å². The molecule has 0 spiro atoms. The number of esters is 1. The fourth-order valence-electron chi connectivity index (χ4n) is 1.70. The van der Waals surface area contributed by atoms with E-state index in [0.29, 0.717) is 0 Å². The van der Waals surface area contributed by atoms with E-state index in [9.17, 15) is 24.8 Å². The lowest BCUT2D eigenvalue weighted by Crippen LogP contribution is -2.48. The standard InChI is InChI=1S/C13H16N2O7/c1-7(16)11(13(18)22-3)14-12(17)8-4-5-9(15(19)20)10(6-8)21-2/h4-7,11,16H,1-3H3,(H,14,17)/t7-,11+/m1/s1. The summed E-state index contributed by atoms with van der Waals surface area (Å²) in [5.74, 6) is -1.61. The first-order chi connectivity index (χ1) is 10.3. The van der Waals surface area contributed by atoms with Crippen molar-refractivity contribution in [1.82, 2.24) is 5.32 Å². The van der Waals surface area contributed by atoms with Gasteiger partial charge in [-0.15, -0.1) is 0 Å². The van der Waals surface area contributed by atoms with Crippen molar-refractivity contribution in [2.75, 3.05) is 14.2 Å². The number of hydrogen-bond donors (Lipinski definition) is 2. The van der Waals surface area contributed by atoms with Gasteiger partial charge in [-0.05, 0) is 13.0 Å². The Morgan fingerprint density at radius 3 is 2.45 bits per heavy atom. The molecular formula is C13H16N2O7. The number of nitro groups is 1. The van der Waals surface area contributed by atoms with Crippen LogP contribution in [0.15, 0.2) is 18.2 Å². The largest absolute Gasteiger partial charge is 0.490 e. The fourth-order valence-corrected chi connectivity index (χ4v) is 1.70. The molecule has 0 fully saturated rings. The van der Waals surface area contributed by atoms with E-state index in [2.05, 4.69) is 10.1 Å². The van der Waals surface area contributed by atoms with E-state index in [1.807, 2.05) is 0 Å². The van der Waals surface area contributed by atoms with Crippen molar-refractivity contribution in [3.8, 4) is 5.75 Å². The summed E-state index contributed by atoms with van der Waals surface area (Å²) in [6.45, 7) is 1.32. The summed E-state index contributed by atoms with van der Waals surface area (Å²) < 4.78 is 9.33. The molecule has 22 heavy (non-hydrogen) atoms. The lowest BCUT2D eigenvalue weighted by molar-refractivity contribution is -0.385. The highest BCUT2D eigenvalue weighted by atomic mass is 16.6. The number of amides is 1. The number of carbonyl (C=O) groups excluding carboxylic acids is 2. The van der Waals surface area contributed by atoms with Crippen molar-refractivity contribution >= 4 is 17.6 Å². The molecule has 2 N–H and O–H groups in total. The Bertz CT molecular complexity index is 586. The van der Waals surface area contributed by atoms with Crippen molar-refractivity contribution in [2.24, 2.45) is 0 Å². The molecule has 2 atom stereocenters. The van der Waals surface area contributed by atoms with Crippen LogP contribution in [0.1, 0.15) is 17.3 Å². The molecule has 0 bridgehead atoms. The van der Waals surface area contributed by atoms with Crippen LogP contribution >= 0.6 is 0 Å².